The van der Waals surface area contributed by atoms with Crippen molar-refractivity contribution >= 4 is 5.91 Å². The standard InChI is InChI=1S/C11H15F2N3O2/c1-7(14)10(17)16-5-8-3-2-4-15-11(8)18-6-9(12)13/h2-4,7,9H,5-6,14H2,1H3,(H,16,17). The molecule has 0 bridgehead atoms. The molecule has 0 aromatic carbocycles. The summed E-state index contributed by atoms with van der Waals surface area (Å²) in [6.45, 7) is 0.949. The molecule has 1 rings (SSSR count). The largest absolute Gasteiger partial charge is 0.471 e. The van der Waals surface area contributed by atoms with Gasteiger partial charge in [-0.05, 0) is 13.0 Å². The Labute approximate surface area is 103 Å². The van der Waals surface area contributed by atoms with Gasteiger partial charge in [0, 0.05) is 18.3 Å². The Morgan fingerprint density at radius 1 is 1.61 bits per heavy atom. The van der Waals surface area contributed by atoms with Gasteiger partial charge in [0.1, 0.15) is 0 Å². The maximum atomic E-state index is 12.0. The van der Waals surface area contributed by atoms with Gasteiger partial charge in [-0.25, -0.2) is 13.8 Å². The van der Waals surface area contributed by atoms with E-state index >= 15 is 0 Å². The number of hydrogen-bond acceptors (Lipinski definition) is 4. The van der Waals surface area contributed by atoms with Crippen LogP contribution >= 0.6 is 0 Å². The van der Waals surface area contributed by atoms with E-state index in [0.29, 0.717) is 5.56 Å². The van der Waals surface area contributed by atoms with E-state index in [2.05, 4.69) is 10.3 Å². The van der Waals surface area contributed by atoms with Gasteiger partial charge in [0.15, 0.2) is 6.61 Å². The number of halogens is 2. The fourth-order valence-electron chi connectivity index (χ4n) is 1.17. The van der Waals surface area contributed by atoms with E-state index in [0.717, 1.165) is 0 Å². The van der Waals surface area contributed by atoms with Gasteiger partial charge in [0.05, 0.1) is 6.04 Å². The van der Waals surface area contributed by atoms with Crippen LogP contribution in [0.2, 0.25) is 0 Å². The van der Waals surface area contributed by atoms with Crippen LogP contribution in [0.1, 0.15) is 12.5 Å². The Morgan fingerprint density at radius 2 is 2.33 bits per heavy atom. The van der Waals surface area contributed by atoms with Crippen LogP contribution in [0.15, 0.2) is 18.3 Å². The van der Waals surface area contributed by atoms with Gasteiger partial charge in [0.25, 0.3) is 6.43 Å². The first-order chi connectivity index (χ1) is 8.50. The minimum atomic E-state index is -2.57. The number of ether oxygens (including phenoxy) is 1. The van der Waals surface area contributed by atoms with Crippen molar-refractivity contribution in [1.29, 1.82) is 0 Å². The van der Waals surface area contributed by atoms with Gasteiger partial charge < -0.3 is 15.8 Å². The monoisotopic (exact) mass is 259 g/mol. The molecule has 7 heteroatoms. The zero-order valence-electron chi connectivity index (χ0n) is 9.90. The summed E-state index contributed by atoms with van der Waals surface area (Å²) in [5.41, 5.74) is 5.90. The lowest BCUT2D eigenvalue weighted by Crippen LogP contribution is -2.37. The van der Waals surface area contributed by atoms with Crippen molar-refractivity contribution in [3.05, 3.63) is 23.9 Å². The lowest BCUT2D eigenvalue weighted by atomic mass is 10.2. The lowest BCUT2D eigenvalue weighted by Gasteiger charge is -2.11. The molecule has 18 heavy (non-hydrogen) atoms. The number of nitrogens with zero attached hydrogens (tertiary/aromatic N) is 1. The van der Waals surface area contributed by atoms with E-state index in [1.165, 1.54) is 6.20 Å². The third-order valence-electron chi connectivity index (χ3n) is 2.06. The van der Waals surface area contributed by atoms with Crippen molar-refractivity contribution in [3.63, 3.8) is 0 Å². The molecule has 1 unspecified atom stereocenters. The summed E-state index contributed by atoms with van der Waals surface area (Å²) in [6.07, 6.45) is -1.14. The zero-order valence-corrected chi connectivity index (χ0v) is 9.90. The summed E-state index contributed by atoms with van der Waals surface area (Å²) in [5, 5.41) is 2.55. The van der Waals surface area contributed by atoms with Crippen LogP contribution < -0.4 is 15.8 Å². The maximum Gasteiger partial charge on any atom is 0.272 e. The van der Waals surface area contributed by atoms with Gasteiger partial charge in [0.2, 0.25) is 11.8 Å². The first-order valence-electron chi connectivity index (χ1n) is 5.39. The average molecular weight is 259 g/mol. The number of aromatic nitrogens is 1. The molecule has 0 radical (unpaired) electrons. The highest BCUT2D eigenvalue weighted by Gasteiger charge is 2.11. The second-order valence-electron chi connectivity index (χ2n) is 3.68. The van der Waals surface area contributed by atoms with Crippen LogP contribution in [0.4, 0.5) is 8.78 Å². The van der Waals surface area contributed by atoms with Gasteiger partial charge in [-0.2, -0.15) is 0 Å². The van der Waals surface area contributed by atoms with Crippen molar-refractivity contribution in [3.8, 4) is 5.88 Å². The molecule has 1 heterocycles. The van der Waals surface area contributed by atoms with Crippen LogP contribution in [-0.2, 0) is 11.3 Å². The van der Waals surface area contributed by atoms with Crippen LogP contribution in [0.5, 0.6) is 5.88 Å². The smallest absolute Gasteiger partial charge is 0.272 e. The number of carbonyl (C=O) groups is 1. The predicted molar refractivity (Wildman–Crippen MR) is 61.2 cm³/mol. The Morgan fingerprint density at radius 3 is 2.94 bits per heavy atom. The number of rotatable bonds is 6. The fourth-order valence-corrected chi connectivity index (χ4v) is 1.17. The summed E-state index contributed by atoms with van der Waals surface area (Å²) in [7, 11) is 0. The minimum Gasteiger partial charge on any atom is -0.471 e. The SMILES string of the molecule is CC(N)C(=O)NCc1cccnc1OCC(F)F. The summed E-state index contributed by atoms with van der Waals surface area (Å²) in [5.74, 6) is -0.249. The second kappa shape index (κ2) is 6.85. The number of nitrogens with two attached hydrogens (primary N) is 1. The van der Waals surface area contributed by atoms with Crippen LogP contribution in [0, 0.1) is 0 Å². The molecule has 0 saturated heterocycles. The second-order valence-corrected chi connectivity index (χ2v) is 3.68. The third-order valence-corrected chi connectivity index (χ3v) is 2.06. The van der Waals surface area contributed by atoms with E-state index in [1.807, 2.05) is 0 Å². The molecule has 1 aromatic rings. The number of carbonyl (C=O) groups excluding carboxylic acids is 1. The molecule has 0 spiro atoms. The Balaban J connectivity index is 2.61. The van der Waals surface area contributed by atoms with Crippen molar-refractivity contribution in [2.45, 2.75) is 25.9 Å². The molecule has 5 nitrogen and oxygen atoms in total. The molecule has 0 aliphatic heterocycles. The molecule has 0 fully saturated rings. The maximum absolute atomic E-state index is 12.0. The fraction of sp³-hybridized carbons (Fsp3) is 0.455. The molecule has 0 saturated carbocycles. The van der Waals surface area contributed by atoms with Crippen molar-refractivity contribution in [2.24, 2.45) is 5.73 Å². The number of hydrogen-bond donors (Lipinski definition) is 2. The summed E-state index contributed by atoms with van der Waals surface area (Å²) >= 11 is 0. The molecular formula is C11H15F2N3O2. The number of nitrogens with one attached hydrogen (secondary N) is 1. The average Bonchev–Trinajstić information content (AvgIpc) is 2.34. The van der Waals surface area contributed by atoms with Gasteiger partial charge >= 0.3 is 0 Å². The third kappa shape index (κ3) is 4.62. The normalized spacial score (nSPS) is 12.3. The Kier molecular flexibility index (Phi) is 5.44. The molecule has 3 N–H and O–H groups in total. The molecule has 1 atom stereocenters. The molecule has 1 aromatic heterocycles. The first-order valence-corrected chi connectivity index (χ1v) is 5.39. The summed E-state index contributed by atoms with van der Waals surface area (Å²) < 4.78 is 28.9. The van der Waals surface area contributed by atoms with Crippen LogP contribution in [-0.4, -0.2) is 30.0 Å². The predicted octanol–water partition coefficient (Wildman–Crippen LogP) is 0.689. The molecule has 0 aliphatic carbocycles. The molecular weight excluding hydrogens is 244 g/mol. The minimum absolute atomic E-state index is 0.0859. The number of pyridine rings is 1. The molecule has 0 aliphatic rings. The van der Waals surface area contributed by atoms with E-state index in [1.54, 1.807) is 19.1 Å². The summed E-state index contributed by atoms with van der Waals surface area (Å²) in [4.78, 5) is 15.1. The van der Waals surface area contributed by atoms with E-state index in [-0.39, 0.29) is 18.3 Å². The number of alkyl halides is 2. The highest BCUT2D eigenvalue weighted by Crippen LogP contribution is 2.14. The van der Waals surface area contributed by atoms with Gasteiger partial charge in [-0.3, -0.25) is 4.79 Å². The quantitative estimate of drug-likeness (QED) is 0.788. The topological polar surface area (TPSA) is 77.2 Å². The van der Waals surface area contributed by atoms with E-state index in [4.69, 9.17) is 10.5 Å². The van der Waals surface area contributed by atoms with Gasteiger partial charge in [-0.1, -0.05) is 6.07 Å². The molecule has 1 amide bonds. The zero-order chi connectivity index (χ0) is 13.5. The van der Waals surface area contributed by atoms with Crippen molar-refractivity contribution < 1.29 is 18.3 Å². The van der Waals surface area contributed by atoms with E-state index in [9.17, 15) is 13.6 Å². The highest BCUT2D eigenvalue weighted by atomic mass is 19.3. The summed E-state index contributed by atoms with van der Waals surface area (Å²) in [6, 6.07) is 2.63. The van der Waals surface area contributed by atoms with Gasteiger partial charge in [-0.15, -0.1) is 0 Å². The van der Waals surface area contributed by atoms with Crippen molar-refractivity contribution in [1.82, 2.24) is 10.3 Å². The highest BCUT2D eigenvalue weighted by molar-refractivity contribution is 5.80. The Bertz CT molecular complexity index is 400. The Hall–Kier alpha value is -1.76. The number of amides is 1. The van der Waals surface area contributed by atoms with Crippen LogP contribution in [0.25, 0.3) is 0 Å². The molecule has 100 valence electrons. The first kappa shape index (κ1) is 14.3. The van der Waals surface area contributed by atoms with Crippen LogP contribution in [0.3, 0.4) is 0 Å². The lowest BCUT2D eigenvalue weighted by molar-refractivity contribution is -0.122. The van der Waals surface area contributed by atoms with E-state index < -0.39 is 19.1 Å². The van der Waals surface area contributed by atoms with Crippen molar-refractivity contribution in [2.75, 3.05) is 6.61 Å².